The van der Waals surface area contributed by atoms with Gasteiger partial charge in [0, 0.05) is 25.3 Å². The van der Waals surface area contributed by atoms with Crippen LogP contribution in [0.5, 0.6) is 0 Å². The molecule has 0 aliphatic rings. The largest absolute Gasteiger partial charge is 0.428 e. The highest BCUT2D eigenvalue weighted by molar-refractivity contribution is 5.81. The predicted octanol–water partition coefficient (Wildman–Crippen LogP) is 15.3. The van der Waals surface area contributed by atoms with Crippen LogP contribution in [0.25, 0.3) is 0 Å². The Balaban J connectivity index is 3.43. The fraction of sp³-hybridized carbons (Fsp3) is 0.880. The van der Waals surface area contributed by atoms with E-state index in [1.165, 1.54) is 160 Å². The summed E-state index contributed by atoms with van der Waals surface area (Å²) in [6.07, 6.45) is 49.4. The van der Waals surface area contributed by atoms with Gasteiger partial charge in [-0.3, -0.25) is 14.4 Å². The average Bonchev–Trinajstić information content (AvgIpc) is 3.21. The van der Waals surface area contributed by atoms with Crippen LogP contribution in [0.4, 0.5) is 0 Å². The zero-order chi connectivity index (χ0) is 42.3. The van der Waals surface area contributed by atoms with Crippen LogP contribution >= 0.6 is 0 Å². The Morgan fingerprint density at radius 1 is 0.310 bits per heavy atom. The summed E-state index contributed by atoms with van der Waals surface area (Å²) in [7, 11) is 0. The van der Waals surface area contributed by atoms with Gasteiger partial charge in [-0.1, -0.05) is 225 Å². The van der Waals surface area contributed by atoms with Crippen LogP contribution in [-0.4, -0.2) is 37.5 Å². The van der Waals surface area contributed by atoms with Gasteiger partial charge in [0.05, 0.1) is 0 Å². The first-order valence-electron chi connectivity index (χ1n) is 24.8. The van der Waals surface area contributed by atoms with Crippen LogP contribution in [0, 0.1) is 0 Å². The molecule has 0 heterocycles. The topological polar surface area (TPSA) is 105 Å². The molecule has 0 saturated heterocycles. The number of hydrogen-bond donors (Lipinski definition) is 0. The molecule has 0 aromatic heterocycles. The fourth-order valence-electron chi connectivity index (χ4n) is 7.28. The Labute approximate surface area is 357 Å². The monoisotopic (exact) mass is 821 g/mol. The minimum atomic E-state index is -0.498. The van der Waals surface area contributed by atoms with Crippen molar-refractivity contribution in [3.63, 3.8) is 0 Å². The number of esters is 4. The van der Waals surface area contributed by atoms with E-state index < -0.39 is 5.97 Å². The van der Waals surface area contributed by atoms with E-state index >= 15 is 0 Å². The SMILES string of the molecule is CCCCCCCCCCCCCCCCCC(=O)OCOC(=O)C=CCCCCCCCCC(=O)OCOC(=O)CCCCCCCCCCCCCCCCC. The minimum absolute atomic E-state index is 0.289. The van der Waals surface area contributed by atoms with Gasteiger partial charge in [-0.15, -0.1) is 0 Å². The van der Waals surface area contributed by atoms with Crippen LogP contribution < -0.4 is 0 Å². The molecule has 0 N–H and O–H groups in total. The quantitative estimate of drug-likeness (QED) is 0.0259. The number of allylic oxidation sites excluding steroid dienone is 1. The van der Waals surface area contributed by atoms with Crippen molar-refractivity contribution in [3.05, 3.63) is 12.2 Å². The van der Waals surface area contributed by atoms with E-state index in [1.54, 1.807) is 6.08 Å². The molecule has 0 radical (unpaired) electrons. The molecule has 340 valence electrons. The molecule has 0 aliphatic carbocycles. The first-order valence-corrected chi connectivity index (χ1v) is 24.8. The molecule has 0 amide bonds. The second-order valence-corrected chi connectivity index (χ2v) is 16.7. The van der Waals surface area contributed by atoms with Gasteiger partial charge < -0.3 is 18.9 Å². The van der Waals surface area contributed by atoms with Crippen molar-refractivity contribution in [2.24, 2.45) is 0 Å². The number of rotatable bonds is 46. The lowest BCUT2D eigenvalue weighted by molar-refractivity contribution is -0.168. The Bertz CT molecular complexity index is 948. The predicted molar refractivity (Wildman–Crippen MR) is 239 cm³/mol. The van der Waals surface area contributed by atoms with Crippen LogP contribution in [0.15, 0.2) is 12.2 Å². The Morgan fingerprint density at radius 3 is 0.845 bits per heavy atom. The summed E-state index contributed by atoms with van der Waals surface area (Å²) in [5.41, 5.74) is 0. The van der Waals surface area contributed by atoms with Gasteiger partial charge >= 0.3 is 23.9 Å². The maximum Gasteiger partial charge on any atom is 0.333 e. The van der Waals surface area contributed by atoms with Gasteiger partial charge in [0.1, 0.15) is 0 Å². The number of unbranched alkanes of at least 4 members (excludes halogenated alkanes) is 34. The van der Waals surface area contributed by atoms with E-state index in [0.717, 1.165) is 83.5 Å². The lowest BCUT2D eigenvalue weighted by Gasteiger charge is -2.07. The van der Waals surface area contributed by atoms with E-state index in [9.17, 15) is 19.2 Å². The lowest BCUT2D eigenvalue weighted by atomic mass is 10.0. The normalized spacial score (nSPS) is 11.3. The first kappa shape index (κ1) is 55.6. The van der Waals surface area contributed by atoms with Gasteiger partial charge in [-0.05, 0) is 32.1 Å². The molecule has 0 aromatic rings. The summed E-state index contributed by atoms with van der Waals surface area (Å²) in [6, 6.07) is 0. The average molecular weight is 821 g/mol. The van der Waals surface area contributed by atoms with E-state index in [1.807, 2.05) is 0 Å². The van der Waals surface area contributed by atoms with Crippen LogP contribution in [0.3, 0.4) is 0 Å². The van der Waals surface area contributed by atoms with Crippen LogP contribution in [0.2, 0.25) is 0 Å². The van der Waals surface area contributed by atoms with Crippen molar-refractivity contribution in [2.75, 3.05) is 13.6 Å². The Hall–Kier alpha value is -2.38. The molecule has 8 nitrogen and oxygen atoms in total. The molecule has 0 rings (SSSR count). The summed E-state index contributed by atoms with van der Waals surface area (Å²) in [6.45, 7) is 3.91. The second kappa shape index (κ2) is 47.3. The van der Waals surface area contributed by atoms with Gasteiger partial charge in [-0.25, -0.2) is 4.79 Å². The zero-order valence-corrected chi connectivity index (χ0v) is 38.1. The van der Waals surface area contributed by atoms with Gasteiger partial charge in [-0.2, -0.15) is 0 Å². The van der Waals surface area contributed by atoms with Crippen LogP contribution in [0.1, 0.15) is 271 Å². The van der Waals surface area contributed by atoms with E-state index in [-0.39, 0.29) is 31.5 Å². The molecular formula is C50H92O8. The van der Waals surface area contributed by atoms with Crippen molar-refractivity contribution in [3.8, 4) is 0 Å². The summed E-state index contributed by atoms with van der Waals surface area (Å²) in [4.78, 5) is 47.7. The highest BCUT2D eigenvalue weighted by atomic mass is 16.7. The molecule has 0 bridgehead atoms. The molecule has 0 saturated carbocycles. The summed E-state index contributed by atoms with van der Waals surface area (Å²) < 4.78 is 20.2. The molecule has 0 aromatic carbocycles. The van der Waals surface area contributed by atoms with Crippen molar-refractivity contribution in [2.45, 2.75) is 271 Å². The number of ether oxygens (including phenoxy) is 4. The Morgan fingerprint density at radius 2 is 0.552 bits per heavy atom. The third-order valence-electron chi connectivity index (χ3n) is 11.1. The smallest absolute Gasteiger partial charge is 0.333 e. The first-order chi connectivity index (χ1) is 28.5. The van der Waals surface area contributed by atoms with Crippen molar-refractivity contribution < 1.29 is 38.1 Å². The molecule has 0 unspecified atom stereocenters. The number of carbonyl (C=O) groups excluding carboxylic acids is 4. The molecule has 0 fully saturated rings. The van der Waals surface area contributed by atoms with Gasteiger partial charge in [0.2, 0.25) is 13.6 Å². The maximum atomic E-state index is 11.9. The van der Waals surface area contributed by atoms with E-state index in [0.29, 0.717) is 19.3 Å². The second-order valence-electron chi connectivity index (χ2n) is 16.7. The zero-order valence-electron chi connectivity index (χ0n) is 38.1. The molecule has 0 spiro atoms. The van der Waals surface area contributed by atoms with Gasteiger partial charge in [0.25, 0.3) is 0 Å². The third kappa shape index (κ3) is 46.3. The molecule has 8 heteroatoms. The van der Waals surface area contributed by atoms with Gasteiger partial charge in [0.15, 0.2) is 0 Å². The van der Waals surface area contributed by atoms with E-state index in [4.69, 9.17) is 18.9 Å². The van der Waals surface area contributed by atoms with E-state index in [2.05, 4.69) is 13.8 Å². The highest BCUT2D eigenvalue weighted by Crippen LogP contribution is 2.16. The molecular weight excluding hydrogens is 729 g/mol. The minimum Gasteiger partial charge on any atom is -0.428 e. The molecule has 0 atom stereocenters. The highest BCUT2D eigenvalue weighted by Gasteiger charge is 2.07. The summed E-state index contributed by atoms with van der Waals surface area (Å²) in [5.74, 6) is -1.44. The lowest BCUT2D eigenvalue weighted by Crippen LogP contribution is -2.12. The third-order valence-corrected chi connectivity index (χ3v) is 11.1. The molecule has 58 heavy (non-hydrogen) atoms. The summed E-state index contributed by atoms with van der Waals surface area (Å²) in [5, 5.41) is 0. The maximum absolute atomic E-state index is 11.9. The van der Waals surface area contributed by atoms with Crippen LogP contribution in [-0.2, 0) is 38.1 Å². The van der Waals surface area contributed by atoms with Crippen molar-refractivity contribution in [1.82, 2.24) is 0 Å². The standard InChI is InChI=1S/C50H92O8/c1-3-5-7-9-11-13-15-17-19-21-23-25-29-33-37-41-47(51)55-45-57-49(53)43-39-35-31-27-28-32-36-40-44-50(54)58-46-56-48(52)42-38-34-30-26-24-22-20-18-16-14-12-10-8-6-4-2/h39,43H,3-38,40-42,44-46H2,1-2H3. The number of carbonyl (C=O) groups is 4. The molecule has 0 aliphatic heterocycles. The van der Waals surface area contributed by atoms with Crippen molar-refractivity contribution >= 4 is 23.9 Å². The fourth-order valence-corrected chi connectivity index (χ4v) is 7.28. The Kier molecular flexibility index (Phi) is 45.4. The van der Waals surface area contributed by atoms with Crippen molar-refractivity contribution in [1.29, 1.82) is 0 Å². The summed E-state index contributed by atoms with van der Waals surface area (Å²) >= 11 is 0. The number of hydrogen-bond acceptors (Lipinski definition) is 8.